The number of hydrogen-bond acceptors (Lipinski definition) is 2. The molecule has 0 aromatic rings. The normalized spacial score (nSPS) is 12.1. The molecule has 0 radical (unpaired) electrons. The maximum atomic E-state index is 3.31. The van der Waals surface area contributed by atoms with E-state index in [0.29, 0.717) is 0 Å². The summed E-state index contributed by atoms with van der Waals surface area (Å²) in [7, 11) is 4.28. The summed E-state index contributed by atoms with van der Waals surface area (Å²) < 4.78 is 0. The molecular formula is C20H46N2. The highest BCUT2D eigenvalue weighted by Crippen LogP contribution is 2.05. The zero-order valence-electron chi connectivity index (χ0n) is 16.7. The molecule has 22 heavy (non-hydrogen) atoms. The van der Waals surface area contributed by atoms with Gasteiger partial charge in [0.05, 0.1) is 0 Å². The van der Waals surface area contributed by atoms with Crippen LogP contribution in [0.1, 0.15) is 98.3 Å². The highest BCUT2D eigenvalue weighted by molar-refractivity contribution is 4.60. The maximum Gasteiger partial charge on any atom is 0.00614 e. The molecule has 0 saturated carbocycles. The van der Waals surface area contributed by atoms with Gasteiger partial charge < -0.3 is 10.2 Å². The monoisotopic (exact) mass is 314 g/mol. The van der Waals surface area contributed by atoms with Crippen LogP contribution in [0.5, 0.6) is 0 Å². The van der Waals surface area contributed by atoms with Crippen LogP contribution in [0.3, 0.4) is 0 Å². The van der Waals surface area contributed by atoms with Crippen molar-refractivity contribution >= 4 is 0 Å². The van der Waals surface area contributed by atoms with Crippen molar-refractivity contribution < 1.29 is 0 Å². The molecule has 0 rings (SSSR count). The van der Waals surface area contributed by atoms with E-state index in [1.165, 1.54) is 83.7 Å². The summed E-state index contributed by atoms with van der Waals surface area (Å²) in [6, 6.07) is 0.756. The molecule has 0 saturated heterocycles. The summed E-state index contributed by atoms with van der Waals surface area (Å²) in [6.45, 7) is 11.6. The first-order valence-corrected chi connectivity index (χ1v) is 10.0. The van der Waals surface area contributed by atoms with Crippen LogP contribution in [-0.2, 0) is 0 Å². The van der Waals surface area contributed by atoms with Gasteiger partial charge in [0.15, 0.2) is 0 Å². The molecule has 0 bridgehead atoms. The van der Waals surface area contributed by atoms with E-state index in [1.807, 2.05) is 0 Å². The van der Waals surface area contributed by atoms with Gasteiger partial charge in [0.25, 0.3) is 0 Å². The number of rotatable bonds is 14. The van der Waals surface area contributed by atoms with Crippen LogP contribution in [0.15, 0.2) is 0 Å². The fraction of sp³-hybridized carbons (Fsp3) is 1.00. The lowest BCUT2D eigenvalue weighted by molar-refractivity contribution is 0.324. The molecule has 0 fully saturated rings. The van der Waals surface area contributed by atoms with Gasteiger partial charge in [-0.15, -0.1) is 0 Å². The molecule has 1 atom stereocenters. The number of hydrogen-bond donors (Lipinski definition) is 1. The van der Waals surface area contributed by atoms with Gasteiger partial charge in [-0.25, -0.2) is 0 Å². The van der Waals surface area contributed by atoms with Gasteiger partial charge in [-0.3, -0.25) is 0 Å². The Morgan fingerprint density at radius 3 is 1.82 bits per heavy atom. The summed E-state index contributed by atoms with van der Waals surface area (Å²) in [5.41, 5.74) is 0. The SMILES string of the molecule is CCCCCC(CC)NC.CCCCCCCN(C)CCC. The third kappa shape index (κ3) is 19.9. The highest BCUT2D eigenvalue weighted by atomic mass is 15.1. The minimum absolute atomic E-state index is 0.756. The van der Waals surface area contributed by atoms with E-state index in [9.17, 15) is 0 Å². The van der Waals surface area contributed by atoms with Gasteiger partial charge in [-0.2, -0.15) is 0 Å². The molecule has 1 N–H and O–H groups in total. The van der Waals surface area contributed by atoms with E-state index in [-0.39, 0.29) is 0 Å². The van der Waals surface area contributed by atoms with Gasteiger partial charge in [-0.05, 0) is 52.9 Å². The molecule has 2 heteroatoms. The maximum absolute atomic E-state index is 3.31. The first-order valence-electron chi connectivity index (χ1n) is 10.0. The minimum Gasteiger partial charge on any atom is -0.317 e. The van der Waals surface area contributed by atoms with Gasteiger partial charge in [0, 0.05) is 6.04 Å². The van der Waals surface area contributed by atoms with Crippen molar-refractivity contribution in [2.75, 3.05) is 27.2 Å². The number of unbranched alkanes of at least 4 members (excludes halogenated alkanes) is 6. The summed E-state index contributed by atoms with van der Waals surface area (Å²) in [6.07, 6.45) is 15.0. The summed E-state index contributed by atoms with van der Waals surface area (Å²) in [5, 5.41) is 3.31. The summed E-state index contributed by atoms with van der Waals surface area (Å²) in [5.74, 6) is 0. The molecule has 0 aliphatic rings. The zero-order chi connectivity index (χ0) is 17.1. The first-order chi connectivity index (χ1) is 10.7. The Labute approximate surface area is 142 Å². The van der Waals surface area contributed by atoms with Crippen molar-refractivity contribution in [3.63, 3.8) is 0 Å². The fourth-order valence-electron chi connectivity index (χ4n) is 2.67. The lowest BCUT2D eigenvalue weighted by atomic mass is 10.1. The van der Waals surface area contributed by atoms with Crippen LogP contribution in [0.2, 0.25) is 0 Å². The summed E-state index contributed by atoms with van der Waals surface area (Å²) >= 11 is 0. The molecule has 0 aliphatic carbocycles. The van der Waals surface area contributed by atoms with Gasteiger partial charge >= 0.3 is 0 Å². The molecular weight excluding hydrogens is 268 g/mol. The van der Waals surface area contributed by atoms with E-state index in [2.05, 4.69) is 52.0 Å². The average molecular weight is 315 g/mol. The molecule has 0 aromatic heterocycles. The molecule has 0 aromatic carbocycles. The second kappa shape index (κ2) is 20.9. The van der Waals surface area contributed by atoms with E-state index < -0.39 is 0 Å². The van der Waals surface area contributed by atoms with E-state index >= 15 is 0 Å². The predicted molar refractivity (Wildman–Crippen MR) is 104 cm³/mol. The van der Waals surface area contributed by atoms with Crippen LogP contribution in [0.25, 0.3) is 0 Å². The molecule has 0 spiro atoms. The Morgan fingerprint density at radius 2 is 1.32 bits per heavy atom. The smallest absolute Gasteiger partial charge is 0.00614 e. The van der Waals surface area contributed by atoms with Crippen molar-refractivity contribution in [1.29, 1.82) is 0 Å². The van der Waals surface area contributed by atoms with Crippen LogP contribution in [0, 0.1) is 0 Å². The van der Waals surface area contributed by atoms with E-state index in [1.54, 1.807) is 0 Å². The minimum atomic E-state index is 0.756. The number of nitrogens with one attached hydrogen (secondary N) is 1. The Bertz CT molecular complexity index is 179. The second-order valence-electron chi connectivity index (χ2n) is 6.61. The largest absolute Gasteiger partial charge is 0.317 e. The van der Waals surface area contributed by atoms with Crippen molar-refractivity contribution in [3.05, 3.63) is 0 Å². The fourth-order valence-corrected chi connectivity index (χ4v) is 2.67. The van der Waals surface area contributed by atoms with Crippen molar-refractivity contribution in [1.82, 2.24) is 10.2 Å². The molecule has 136 valence electrons. The van der Waals surface area contributed by atoms with Gasteiger partial charge in [-0.1, -0.05) is 72.6 Å². The predicted octanol–water partition coefficient (Wildman–Crippen LogP) is 5.86. The second-order valence-corrected chi connectivity index (χ2v) is 6.61. The third-order valence-corrected chi connectivity index (χ3v) is 4.31. The number of nitrogens with zero attached hydrogens (tertiary/aromatic N) is 1. The van der Waals surface area contributed by atoms with Gasteiger partial charge in [0.1, 0.15) is 0 Å². The zero-order valence-corrected chi connectivity index (χ0v) is 16.7. The summed E-state index contributed by atoms with van der Waals surface area (Å²) in [4.78, 5) is 2.44. The standard InChI is InChI=1S/C11H25N.C9H21N/c1-4-6-7-8-9-11-12(3)10-5-2;1-4-6-7-8-9(5-2)10-3/h4-11H2,1-3H3;9-10H,4-8H2,1-3H3. The molecule has 1 unspecified atom stereocenters. The molecule has 0 aliphatic heterocycles. The Morgan fingerprint density at radius 1 is 0.727 bits per heavy atom. The van der Waals surface area contributed by atoms with Gasteiger partial charge in [0.2, 0.25) is 0 Å². The van der Waals surface area contributed by atoms with Crippen molar-refractivity contribution in [2.24, 2.45) is 0 Å². The van der Waals surface area contributed by atoms with Crippen molar-refractivity contribution in [2.45, 2.75) is 104 Å². The Kier molecular flexibility index (Phi) is 23.0. The molecule has 0 heterocycles. The quantitative estimate of drug-likeness (QED) is 0.404. The van der Waals surface area contributed by atoms with Crippen LogP contribution in [0.4, 0.5) is 0 Å². The van der Waals surface area contributed by atoms with E-state index in [0.717, 1.165) is 6.04 Å². The van der Waals surface area contributed by atoms with Crippen molar-refractivity contribution in [3.8, 4) is 0 Å². The van der Waals surface area contributed by atoms with Crippen LogP contribution in [-0.4, -0.2) is 38.1 Å². The lowest BCUT2D eigenvalue weighted by Crippen LogP contribution is -2.23. The van der Waals surface area contributed by atoms with Crippen LogP contribution >= 0.6 is 0 Å². The molecule has 0 amide bonds. The van der Waals surface area contributed by atoms with Crippen LogP contribution < -0.4 is 5.32 Å². The highest BCUT2D eigenvalue weighted by Gasteiger charge is 2.00. The first kappa shape index (κ1) is 24.2. The third-order valence-electron chi connectivity index (χ3n) is 4.31. The topological polar surface area (TPSA) is 15.3 Å². The average Bonchev–Trinajstić information content (AvgIpc) is 2.52. The van der Waals surface area contributed by atoms with E-state index in [4.69, 9.17) is 0 Å². The lowest BCUT2D eigenvalue weighted by Gasteiger charge is -2.14. The Balaban J connectivity index is 0. The molecule has 2 nitrogen and oxygen atoms in total. The Hall–Kier alpha value is -0.0800.